The number of nitrogens with two attached hydrogens (primary N) is 1. The molecule has 0 saturated heterocycles. The zero-order chi connectivity index (χ0) is 11.7. The summed E-state index contributed by atoms with van der Waals surface area (Å²) in [5.41, 5.74) is 7.58. The van der Waals surface area contributed by atoms with Crippen LogP contribution in [0.3, 0.4) is 0 Å². The van der Waals surface area contributed by atoms with E-state index in [1.54, 1.807) is 17.8 Å². The highest BCUT2D eigenvalue weighted by Crippen LogP contribution is 2.12. The first kappa shape index (κ1) is 10.6. The number of hydrogen-bond acceptors (Lipinski definition) is 2. The van der Waals surface area contributed by atoms with Gasteiger partial charge in [-0.2, -0.15) is 5.10 Å². The summed E-state index contributed by atoms with van der Waals surface area (Å²) >= 11 is 0. The van der Waals surface area contributed by atoms with Crippen LogP contribution < -0.4 is 5.73 Å². The number of benzene rings is 1. The fraction of sp³-hybridized carbons (Fsp3) is 0.182. The topological polar surface area (TPSA) is 43.8 Å². The third-order valence-corrected chi connectivity index (χ3v) is 2.31. The highest BCUT2D eigenvalue weighted by molar-refractivity contribution is 5.39. The molecule has 16 heavy (non-hydrogen) atoms. The lowest BCUT2D eigenvalue weighted by Crippen LogP contribution is -2.01. The monoisotopic (exact) mass is 223 g/mol. The van der Waals surface area contributed by atoms with Crippen molar-refractivity contribution in [2.24, 2.45) is 0 Å². The van der Waals surface area contributed by atoms with E-state index in [1.165, 1.54) is 6.07 Å². The second-order valence-electron chi connectivity index (χ2n) is 3.62. The van der Waals surface area contributed by atoms with Crippen molar-refractivity contribution in [1.82, 2.24) is 9.78 Å². The molecule has 3 nitrogen and oxygen atoms in total. The van der Waals surface area contributed by atoms with Crippen molar-refractivity contribution in [3.63, 3.8) is 0 Å². The lowest BCUT2D eigenvalue weighted by molar-refractivity contribution is 0.505. The maximum absolute atomic E-state index is 12.9. The fourth-order valence-corrected chi connectivity index (χ4v) is 1.44. The second-order valence-corrected chi connectivity index (χ2v) is 3.62. The SMILES string of the molecule is Cc1nn(Cc2ccc(F)c(F)c2)cc1N. The largest absolute Gasteiger partial charge is 0.396 e. The summed E-state index contributed by atoms with van der Waals surface area (Å²) in [5, 5.41) is 4.13. The van der Waals surface area contributed by atoms with Crippen LogP contribution in [0, 0.1) is 18.6 Å². The Morgan fingerprint density at radius 3 is 2.62 bits per heavy atom. The number of hydrogen-bond donors (Lipinski definition) is 1. The van der Waals surface area contributed by atoms with Crippen molar-refractivity contribution >= 4 is 5.69 Å². The zero-order valence-electron chi connectivity index (χ0n) is 8.74. The molecular formula is C11H11F2N3. The van der Waals surface area contributed by atoms with Crippen molar-refractivity contribution < 1.29 is 8.78 Å². The first-order chi connectivity index (χ1) is 7.56. The average Bonchev–Trinajstić information content (AvgIpc) is 2.52. The molecule has 2 rings (SSSR count). The summed E-state index contributed by atoms with van der Waals surface area (Å²) in [5.74, 6) is -1.70. The molecule has 0 aliphatic rings. The number of nitrogens with zero attached hydrogens (tertiary/aromatic N) is 2. The molecule has 0 aliphatic heterocycles. The maximum atomic E-state index is 12.9. The molecule has 0 fully saturated rings. The molecule has 0 bridgehead atoms. The molecule has 1 aromatic heterocycles. The number of nitrogen functional groups attached to an aromatic ring is 1. The van der Waals surface area contributed by atoms with E-state index in [1.807, 2.05) is 0 Å². The predicted molar refractivity (Wildman–Crippen MR) is 56.8 cm³/mol. The van der Waals surface area contributed by atoms with Crippen molar-refractivity contribution in [1.29, 1.82) is 0 Å². The molecule has 0 radical (unpaired) electrons. The van der Waals surface area contributed by atoms with Gasteiger partial charge < -0.3 is 5.73 Å². The number of aryl methyl sites for hydroxylation is 1. The van der Waals surface area contributed by atoms with Crippen LogP contribution in [0.2, 0.25) is 0 Å². The first-order valence-corrected chi connectivity index (χ1v) is 4.79. The Morgan fingerprint density at radius 2 is 2.06 bits per heavy atom. The standard InChI is InChI=1S/C11H11F2N3/c1-7-11(14)6-16(15-7)5-8-2-3-9(12)10(13)4-8/h2-4,6H,5,14H2,1H3. The van der Waals surface area contributed by atoms with Crippen molar-refractivity contribution in [2.75, 3.05) is 5.73 Å². The lowest BCUT2D eigenvalue weighted by Gasteiger charge is -2.02. The molecule has 2 aromatic rings. The van der Waals surface area contributed by atoms with E-state index in [9.17, 15) is 8.78 Å². The Morgan fingerprint density at radius 1 is 1.31 bits per heavy atom. The number of rotatable bonds is 2. The third kappa shape index (κ3) is 2.03. The van der Waals surface area contributed by atoms with E-state index in [0.717, 1.165) is 17.8 Å². The van der Waals surface area contributed by atoms with Crippen LogP contribution in [0.4, 0.5) is 14.5 Å². The van der Waals surface area contributed by atoms with Gasteiger partial charge in [0.25, 0.3) is 0 Å². The van der Waals surface area contributed by atoms with Gasteiger partial charge >= 0.3 is 0 Å². The van der Waals surface area contributed by atoms with Crippen LogP contribution in [0.1, 0.15) is 11.3 Å². The molecule has 0 unspecified atom stereocenters. The van der Waals surface area contributed by atoms with Gasteiger partial charge in [0.15, 0.2) is 11.6 Å². The summed E-state index contributed by atoms with van der Waals surface area (Å²) in [6.45, 7) is 2.16. The van der Waals surface area contributed by atoms with Crippen LogP contribution in [0.25, 0.3) is 0 Å². The minimum atomic E-state index is -0.852. The summed E-state index contributed by atoms with van der Waals surface area (Å²) in [4.78, 5) is 0. The van der Waals surface area contributed by atoms with Gasteiger partial charge in [-0.05, 0) is 24.6 Å². The van der Waals surface area contributed by atoms with Gasteiger partial charge in [-0.1, -0.05) is 6.07 Å². The summed E-state index contributed by atoms with van der Waals surface area (Å²) in [7, 11) is 0. The summed E-state index contributed by atoms with van der Waals surface area (Å²) < 4.78 is 27.2. The Kier molecular flexibility index (Phi) is 2.60. The van der Waals surface area contributed by atoms with Crippen molar-refractivity contribution in [2.45, 2.75) is 13.5 Å². The predicted octanol–water partition coefficient (Wildman–Crippen LogP) is 2.10. The number of anilines is 1. The second kappa shape index (κ2) is 3.92. The Balaban J connectivity index is 2.23. The molecule has 0 aliphatic carbocycles. The molecule has 0 atom stereocenters. The molecule has 0 spiro atoms. The number of aromatic nitrogens is 2. The number of halogens is 2. The third-order valence-electron chi connectivity index (χ3n) is 2.31. The van der Waals surface area contributed by atoms with Gasteiger partial charge in [0, 0.05) is 6.20 Å². The van der Waals surface area contributed by atoms with Crippen molar-refractivity contribution in [3.05, 3.63) is 47.3 Å². The molecular weight excluding hydrogens is 212 g/mol. The molecule has 2 N–H and O–H groups in total. The Labute approximate surface area is 91.5 Å². The molecule has 0 amide bonds. The summed E-state index contributed by atoms with van der Waals surface area (Å²) in [6.07, 6.45) is 1.66. The van der Waals surface area contributed by atoms with Gasteiger partial charge in [-0.25, -0.2) is 8.78 Å². The van der Waals surface area contributed by atoms with E-state index in [4.69, 9.17) is 5.73 Å². The Bertz CT molecular complexity index is 500. The van der Waals surface area contributed by atoms with E-state index >= 15 is 0 Å². The molecule has 1 aromatic carbocycles. The maximum Gasteiger partial charge on any atom is 0.159 e. The average molecular weight is 223 g/mol. The first-order valence-electron chi connectivity index (χ1n) is 4.79. The van der Waals surface area contributed by atoms with E-state index in [0.29, 0.717) is 17.8 Å². The quantitative estimate of drug-likeness (QED) is 0.847. The molecule has 1 heterocycles. The van der Waals surface area contributed by atoms with Gasteiger partial charge in [0.05, 0.1) is 17.9 Å². The van der Waals surface area contributed by atoms with E-state index in [-0.39, 0.29) is 0 Å². The molecule has 0 saturated carbocycles. The lowest BCUT2D eigenvalue weighted by atomic mass is 10.2. The van der Waals surface area contributed by atoms with Crippen molar-refractivity contribution in [3.8, 4) is 0 Å². The smallest absolute Gasteiger partial charge is 0.159 e. The van der Waals surface area contributed by atoms with Crippen LogP contribution in [-0.2, 0) is 6.54 Å². The minimum Gasteiger partial charge on any atom is -0.396 e. The van der Waals surface area contributed by atoms with Gasteiger partial charge in [0.1, 0.15) is 0 Å². The highest BCUT2D eigenvalue weighted by atomic mass is 19.2. The summed E-state index contributed by atoms with van der Waals surface area (Å²) in [6, 6.07) is 3.78. The van der Waals surface area contributed by atoms with Crippen LogP contribution in [-0.4, -0.2) is 9.78 Å². The van der Waals surface area contributed by atoms with Gasteiger partial charge in [-0.15, -0.1) is 0 Å². The van der Waals surface area contributed by atoms with Gasteiger partial charge in [-0.3, -0.25) is 4.68 Å². The molecule has 5 heteroatoms. The van der Waals surface area contributed by atoms with Gasteiger partial charge in [0.2, 0.25) is 0 Å². The zero-order valence-corrected chi connectivity index (χ0v) is 8.74. The van der Waals surface area contributed by atoms with Crippen LogP contribution in [0.15, 0.2) is 24.4 Å². The minimum absolute atomic E-state index is 0.370. The highest BCUT2D eigenvalue weighted by Gasteiger charge is 2.05. The van der Waals surface area contributed by atoms with Crippen LogP contribution in [0.5, 0.6) is 0 Å². The molecule has 84 valence electrons. The normalized spacial score (nSPS) is 10.7. The van der Waals surface area contributed by atoms with Crippen LogP contribution >= 0.6 is 0 Å². The van der Waals surface area contributed by atoms with E-state index < -0.39 is 11.6 Å². The Hall–Kier alpha value is -1.91. The fourth-order valence-electron chi connectivity index (χ4n) is 1.44. The van der Waals surface area contributed by atoms with E-state index in [2.05, 4.69) is 5.10 Å².